The van der Waals surface area contributed by atoms with E-state index in [-0.39, 0.29) is 18.8 Å². The van der Waals surface area contributed by atoms with Crippen LogP contribution in [0.1, 0.15) is 22.3 Å². The number of aliphatic carboxylic acids is 1. The predicted molar refractivity (Wildman–Crippen MR) is 66.5 cm³/mol. The number of carbonyl (C=O) groups is 2. The minimum absolute atomic E-state index is 0.0814. The lowest BCUT2D eigenvalue weighted by molar-refractivity contribution is -0.139. The fourth-order valence-electron chi connectivity index (χ4n) is 1.53. The number of hydrogen-bond donors (Lipinski definition) is 2. The number of carboxylic acids is 1. The van der Waals surface area contributed by atoms with Crippen molar-refractivity contribution in [3.05, 3.63) is 35.1 Å². The highest BCUT2D eigenvalue weighted by molar-refractivity contribution is 5.94. The summed E-state index contributed by atoms with van der Waals surface area (Å²) in [5.74, 6) is -1.77. The molecule has 1 atom stereocenters. The van der Waals surface area contributed by atoms with E-state index in [1.54, 1.807) is 6.92 Å². The molecule has 0 fully saturated rings. The number of hydrogen-bond acceptors (Lipinski definition) is 3. The lowest BCUT2D eigenvalue weighted by Gasteiger charge is -2.14. The molecular formula is C13H16FNO4. The van der Waals surface area contributed by atoms with Gasteiger partial charge in [0.2, 0.25) is 0 Å². The van der Waals surface area contributed by atoms with Crippen LogP contribution in [0.15, 0.2) is 18.2 Å². The average Bonchev–Trinajstić information content (AvgIpc) is 2.36. The summed E-state index contributed by atoms with van der Waals surface area (Å²) < 4.78 is 18.0. The molecule has 0 saturated heterocycles. The van der Waals surface area contributed by atoms with Crippen molar-refractivity contribution in [3.63, 3.8) is 0 Å². The predicted octanol–water partition coefficient (Wildman–Crippen LogP) is 1.35. The van der Waals surface area contributed by atoms with Gasteiger partial charge in [-0.1, -0.05) is 0 Å². The number of amides is 1. The maximum atomic E-state index is 13.1. The molecule has 0 aliphatic rings. The molecule has 104 valence electrons. The van der Waals surface area contributed by atoms with Crippen LogP contribution in [-0.4, -0.2) is 36.7 Å². The van der Waals surface area contributed by atoms with Crippen LogP contribution in [-0.2, 0) is 9.53 Å². The quantitative estimate of drug-likeness (QED) is 0.817. The molecule has 1 aromatic carbocycles. The van der Waals surface area contributed by atoms with E-state index in [9.17, 15) is 14.0 Å². The number of halogens is 1. The Labute approximate surface area is 110 Å². The molecule has 1 amide bonds. The third-order valence-electron chi connectivity index (χ3n) is 2.65. The highest BCUT2D eigenvalue weighted by atomic mass is 19.1. The monoisotopic (exact) mass is 269 g/mol. The van der Waals surface area contributed by atoms with Crippen molar-refractivity contribution in [1.29, 1.82) is 0 Å². The van der Waals surface area contributed by atoms with Crippen molar-refractivity contribution < 1.29 is 23.8 Å². The second kappa shape index (κ2) is 6.84. The lowest BCUT2D eigenvalue weighted by Crippen LogP contribution is -2.34. The Balaban J connectivity index is 2.59. The van der Waals surface area contributed by atoms with E-state index in [1.807, 2.05) is 0 Å². The number of nitrogens with one attached hydrogen (secondary N) is 1. The fraction of sp³-hybridized carbons (Fsp3) is 0.385. The second-order valence-electron chi connectivity index (χ2n) is 4.13. The summed E-state index contributed by atoms with van der Waals surface area (Å²) in [5, 5.41) is 11.2. The molecule has 0 bridgehead atoms. The van der Waals surface area contributed by atoms with Crippen molar-refractivity contribution in [3.8, 4) is 0 Å². The number of methoxy groups -OCH3 is 1. The van der Waals surface area contributed by atoms with Crippen LogP contribution in [0.2, 0.25) is 0 Å². The molecule has 0 saturated carbocycles. The van der Waals surface area contributed by atoms with Gasteiger partial charge in [-0.25, -0.2) is 4.39 Å². The minimum atomic E-state index is -1.00. The molecule has 5 nitrogen and oxygen atoms in total. The van der Waals surface area contributed by atoms with E-state index in [0.717, 1.165) is 0 Å². The van der Waals surface area contributed by atoms with Crippen LogP contribution in [0.4, 0.5) is 4.39 Å². The average molecular weight is 269 g/mol. The fourth-order valence-corrected chi connectivity index (χ4v) is 1.53. The molecule has 2 N–H and O–H groups in total. The van der Waals surface area contributed by atoms with Gasteiger partial charge in [-0.05, 0) is 30.7 Å². The molecular weight excluding hydrogens is 253 g/mol. The van der Waals surface area contributed by atoms with E-state index in [1.165, 1.54) is 25.3 Å². The molecule has 0 aromatic heterocycles. The molecule has 0 spiro atoms. The summed E-state index contributed by atoms with van der Waals surface area (Å²) in [7, 11) is 1.38. The molecule has 0 radical (unpaired) electrons. The van der Waals surface area contributed by atoms with Crippen molar-refractivity contribution in [2.24, 2.45) is 0 Å². The topological polar surface area (TPSA) is 75.6 Å². The van der Waals surface area contributed by atoms with Crippen molar-refractivity contribution in [2.45, 2.75) is 19.4 Å². The molecule has 0 aliphatic heterocycles. The van der Waals surface area contributed by atoms with Gasteiger partial charge < -0.3 is 15.2 Å². The van der Waals surface area contributed by atoms with E-state index in [0.29, 0.717) is 11.1 Å². The van der Waals surface area contributed by atoms with Crippen LogP contribution in [0.5, 0.6) is 0 Å². The zero-order valence-electron chi connectivity index (χ0n) is 10.8. The van der Waals surface area contributed by atoms with Crippen molar-refractivity contribution in [1.82, 2.24) is 5.32 Å². The zero-order chi connectivity index (χ0) is 14.4. The Morgan fingerprint density at radius 2 is 2.16 bits per heavy atom. The van der Waals surface area contributed by atoms with Gasteiger partial charge in [0.15, 0.2) is 0 Å². The largest absolute Gasteiger partial charge is 0.481 e. The van der Waals surface area contributed by atoms with Gasteiger partial charge in [-0.3, -0.25) is 9.59 Å². The van der Waals surface area contributed by atoms with E-state index >= 15 is 0 Å². The van der Waals surface area contributed by atoms with Gasteiger partial charge in [0.05, 0.1) is 12.5 Å². The van der Waals surface area contributed by atoms with Gasteiger partial charge in [-0.2, -0.15) is 0 Å². The van der Waals surface area contributed by atoms with E-state index in [2.05, 4.69) is 5.32 Å². The van der Waals surface area contributed by atoms with Crippen molar-refractivity contribution in [2.75, 3.05) is 13.7 Å². The van der Waals surface area contributed by atoms with Gasteiger partial charge in [0, 0.05) is 19.2 Å². The van der Waals surface area contributed by atoms with Crippen LogP contribution in [0.25, 0.3) is 0 Å². The minimum Gasteiger partial charge on any atom is -0.481 e. The molecule has 0 heterocycles. The second-order valence-corrected chi connectivity index (χ2v) is 4.13. The Bertz CT molecular complexity index is 476. The van der Waals surface area contributed by atoms with Gasteiger partial charge in [-0.15, -0.1) is 0 Å². The van der Waals surface area contributed by atoms with Crippen molar-refractivity contribution >= 4 is 11.9 Å². The molecule has 1 aromatic rings. The van der Waals surface area contributed by atoms with Gasteiger partial charge >= 0.3 is 5.97 Å². The molecule has 6 heteroatoms. The molecule has 1 unspecified atom stereocenters. The summed E-state index contributed by atoms with van der Waals surface area (Å²) in [6, 6.07) is 4.02. The summed E-state index contributed by atoms with van der Waals surface area (Å²) in [4.78, 5) is 22.3. The number of carboxylic acid groups (broad SMARTS) is 1. The molecule has 19 heavy (non-hydrogen) atoms. The molecule has 1 rings (SSSR count). The van der Waals surface area contributed by atoms with Crippen LogP contribution in [0.3, 0.4) is 0 Å². The smallest absolute Gasteiger partial charge is 0.306 e. The van der Waals surface area contributed by atoms with E-state index < -0.39 is 18.0 Å². The SMILES string of the molecule is COC(CNC(=O)c1ccc(F)c(C)c1)CC(=O)O. The third-order valence-corrected chi connectivity index (χ3v) is 2.65. The Hall–Kier alpha value is -1.95. The summed E-state index contributed by atoms with van der Waals surface area (Å²) >= 11 is 0. The van der Waals surface area contributed by atoms with E-state index in [4.69, 9.17) is 9.84 Å². The van der Waals surface area contributed by atoms with Crippen LogP contribution >= 0.6 is 0 Å². The van der Waals surface area contributed by atoms with Gasteiger partial charge in [0.25, 0.3) is 5.91 Å². The first-order chi connectivity index (χ1) is 8.93. The third kappa shape index (κ3) is 4.67. The highest BCUT2D eigenvalue weighted by Gasteiger charge is 2.14. The normalized spacial score (nSPS) is 11.9. The number of rotatable bonds is 6. The number of carbonyl (C=O) groups excluding carboxylic acids is 1. The summed E-state index contributed by atoms with van der Waals surface area (Å²) in [6.07, 6.45) is -0.790. The van der Waals surface area contributed by atoms with Crippen LogP contribution < -0.4 is 5.32 Å². The maximum absolute atomic E-state index is 13.1. The number of benzene rings is 1. The number of aryl methyl sites for hydroxylation is 1. The first-order valence-electron chi connectivity index (χ1n) is 5.73. The highest BCUT2D eigenvalue weighted by Crippen LogP contribution is 2.09. The van der Waals surface area contributed by atoms with Crippen LogP contribution in [0, 0.1) is 12.7 Å². The summed E-state index contributed by atoms with van der Waals surface area (Å²) in [6.45, 7) is 1.65. The first kappa shape index (κ1) is 15.1. The standard InChI is InChI=1S/C13H16FNO4/c1-8-5-9(3-4-11(8)14)13(18)15-7-10(19-2)6-12(16)17/h3-5,10H,6-7H2,1-2H3,(H,15,18)(H,16,17). The summed E-state index contributed by atoms with van der Waals surface area (Å²) in [5.41, 5.74) is 0.700. The Morgan fingerprint density at radius 1 is 1.47 bits per heavy atom. The molecule has 0 aliphatic carbocycles. The maximum Gasteiger partial charge on any atom is 0.306 e. The number of ether oxygens (including phenoxy) is 1. The van der Waals surface area contributed by atoms with Gasteiger partial charge in [0.1, 0.15) is 5.82 Å². The Kier molecular flexibility index (Phi) is 5.44. The zero-order valence-corrected chi connectivity index (χ0v) is 10.8. The lowest BCUT2D eigenvalue weighted by atomic mass is 10.1. The first-order valence-corrected chi connectivity index (χ1v) is 5.73. The Morgan fingerprint density at radius 3 is 2.68 bits per heavy atom.